The lowest BCUT2D eigenvalue weighted by Crippen LogP contribution is -2.23. The minimum absolute atomic E-state index is 0.187. The molecule has 1 amide bonds. The molecule has 3 aromatic heterocycles. The summed E-state index contributed by atoms with van der Waals surface area (Å²) in [5.41, 5.74) is 4.49. The number of amides is 1. The van der Waals surface area contributed by atoms with Gasteiger partial charge in [-0.05, 0) is 19.1 Å². The van der Waals surface area contributed by atoms with Crippen LogP contribution in [0.1, 0.15) is 16.1 Å². The number of hydrogen-bond donors (Lipinski definition) is 1. The third-order valence-corrected chi connectivity index (χ3v) is 4.23. The molecule has 0 saturated carbocycles. The van der Waals surface area contributed by atoms with E-state index in [4.69, 9.17) is 10.9 Å². The van der Waals surface area contributed by atoms with Crippen LogP contribution in [0.3, 0.4) is 0 Å². The van der Waals surface area contributed by atoms with Crippen LogP contribution >= 0.6 is 0 Å². The number of terminal acetylenes is 1. The van der Waals surface area contributed by atoms with E-state index in [9.17, 15) is 4.79 Å². The van der Waals surface area contributed by atoms with Crippen LogP contribution in [0.5, 0.6) is 0 Å². The van der Waals surface area contributed by atoms with E-state index in [-0.39, 0.29) is 12.5 Å². The molecule has 0 atom stereocenters. The van der Waals surface area contributed by atoms with Crippen molar-refractivity contribution in [1.82, 2.24) is 19.9 Å². The molecule has 1 N–H and O–H groups in total. The first-order chi connectivity index (χ1) is 13.2. The van der Waals surface area contributed by atoms with Crippen LogP contribution in [0.4, 0.5) is 0 Å². The summed E-state index contributed by atoms with van der Waals surface area (Å²) in [5, 5.41) is 6.86. The fraction of sp³-hybridized carbons (Fsp3) is 0.0952. The van der Waals surface area contributed by atoms with Crippen molar-refractivity contribution in [3.63, 3.8) is 0 Å². The average molecular weight is 356 g/mol. The fourth-order valence-electron chi connectivity index (χ4n) is 2.95. The highest BCUT2D eigenvalue weighted by atomic mass is 16.5. The smallest absolute Gasteiger partial charge is 0.253 e. The Bertz CT molecular complexity index is 1170. The number of fused-ring (bicyclic) bond motifs is 1. The van der Waals surface area contributed by atoms with Crippen molar-refractivity contribution in [3.05, 3.63) is 66.2 Å². The van der Waals surface area contributed by atoms with Gasteiger partial charge in [-0.15, -0.1) is 6.42 Å². The molecule has 0 bridgehead atoms. The molecule has 0 aliphatic carbocycles. The second-order valence-electron chi connectivity index (χ2n) is 6.02. The first kappa shape index (κ1) is 16.6. The van der Waals surface area contributed by atoms with Gasteiger partial charge in [0.25, 0.3) is 5.91 Å². The van der Waals surface area contributed by atoms with E-state index in [1.54, 1.807) is 22.7 Å². The average Bonchev–Trinajstić information content (AvgIpc) is 3.29. The van der Waals surface area contributed by atoms with Gasteiger partial charge < -0.3 is 14.2 Å². The Balaban J connectivity index is 1.77. The molecule has 6 nitrogen and oxygen atoms in total. The summed E-state index contributed by atoms with van der Waals surface area (Å²) in [7, 11) is 0. The van der Waals surface area contributed by atoms with E-state index in [2.05, 4.69) is 21.4 Å². The number of nitrogens with one attached hydrogen (secondary N) is 1. The molecule has 0 radical (unpaired) electrons. The highest BCUT2D eigenvalue weighted by molar-refractivity contribution is 5.94. The highest BCUT2D eigenvalue weighted by Crippen LogP contribution is 2.33. The minimum Gasteiger partial charge on any atom is -0.360 e. The number of benzene rings is 1. The van der Waals surface area contributed by atoms with Crippen molar-refractivity contribution >= 4 is 11.6 Å². The van der Waals surface area contributed by atoms with E-state index in [1.807, 2.05) is 43.5 Å². The fourth-order valence-corrected chi connectivity index (χ4v) is 2.95. The molecule has 0 unspecified atom stereocenters. The summed E-state index contributed by atoms with van der Waals surface area (Å²) in [6, 6.07) is 13.3. The molecular weight excluding hydrogens is 340 g/mol. The van der Waals surface area contributed by atoms with Gasteiger partial charge in [0, 0.05) is 18.0 Å². The zero-order chi connectivity index (χ0) is 18.8. The number of pyridine rings is 1. The Labute approximate surface area is 155 Å². The van der Waals surface area contributed by atoms with E-state index in [0.717, 1.165) is 28.2 Å². The monoisotopic (exact) mass is 356 g/mol. The van der Waals surface area contributed by atoms with Crippen LogP contribution in [0.2, 0.25) is 0 Å². The molecule has 6 heteroatoms. The normalized spacial score (nSPS) is 10.7. The van der Waals surface area contributed by atoms with E-state index in [0.29, 0.717) is 11.3 Å². The van der Waals surface area contributed by atoms with Crippen molar-refractivity contribution in [2.75, 3.05) is 6.54 Å². The number of aryl methyl sites for hydroxylation is 1. The molecular formula is C21H16N4O2. The maximum atomic E-state index is 12.1. The van der Waals surface area contributed by atoms with Crippen molar-refractivity contribution in [2.45, 2.75) is 6.92 Å². The van der Waals surface area contributed by atoms with Crippen LogP contribution in [0.15, 0.2) is 59.4 Å². The molecule has 27 heavy (non-hydrogen) atoms. The Morgan fingerprint density at radius 2 is 2.04 bits per heavy atom. The molecule has 132 valence electrons. The third-order valence-electron chi connectivity index (χ3n) is 4.23. The first-order valence-corrected chi connectivity index (χ1v) is 8.40. The number of carbonyl (C=O) groups is 1. The Hall–Kier alpha value is -3.85. The van der Waals surface area contributed by atoms with E-state index >= 15 is 0 Å². The van der Waals surface area contributed by atoms with Gasteiger partial charge in [-0.3, -0.25) is 4.79 Å². The summed E-state index contributed by atoms with van der Waals surface area (Å²) in [5.74, 6) is 2.85. The molecule has 0 spiro atoms. The maximum Gasteiger partial charge on any atom is 0.253 e. The first-order valence-electron chi connectivity index (χ1n) is 8.40. The number of carbonyl (C=O) groups excluding carboxylic acids is 1. The number of aromatic nitrogens is 3. The third kappa shape index (κ3) is 3.07. The highest BCUT2D eigenvalue weighted by Gasteiger charge is 2.19. The summed E-state index contributed by atoms with van der Waals surface area (Å²) < 4.78 is 7.23. The second kappa shape index (κ2) is 6.81. The van der Waals surface area contributed by atoms with Gasteiger partial charge in [-0.25, -0.2) is 4.98 Å². The maximum absolute atomic E-state index is 12.1. The van der Waals surface area contributed by atoms with Crippen LogP contribution in [-0.2, 0) is 0 Å². The lowest BCUT2D eigenvalue weighted by molar-refractivity contribution is 0.0958. The summed E-state index contributed by atoms with van der Waals surface area (Å²) in [6.07, 6.45) is 8.77. The van der Waals surface area contributed by atoms with E-state index in [1.165, 1.54) is 0 Å². The predicted molar refractivity (Wildman–Crippen MR) is 102 cm³/mol. The molecule has 0 fully saturated rings. The molecule has 1 aromatic carbocycles. The van der Waals surface area contributed by atoms with Crippen molar-refractivity contribution in [3.8, 4) is 34.9 Å². The van der Waals surface area contributed by atoms with E-state index < -0.39 is 0 Å². The molecule has 0 aliphatic heterocycles. The number of hydrogen-bond acceptors (Lipinski definition) is 4. The van der Waals surface area contributed by atoms with Crippen molar-refractivity contribution in [1.29, 1.82) is 0 Å². The Morgan fingerprint density at radius 1 is 1.22 bits per heavy atom. The lowest BCUT2D eigenvalue weighted by Gasteiger charge is -2.01. The van der Waals surface area contributed by atoms with Gasteiger partial charge in [-0.1, -0.05) is 41.4 Å². The van der Waals surface area contributed by atoms with Crippen LogP contribution in [0, 0.1) is 19.3 Å². The number of imidazole rings is 1. The molecule has 4 aromatic rings. The molecule has 0 aliphatic rings. The summed E-state index contributed by atoms with van der Waals surface area (Å²) in [6.45, 7) is 2.05. The minimum atomic E-state index is -0.226. The molecule has 4 rings (SSSR count). The van der Waals surface area contributed by atoms with Gasteiger partial charge in [0.1, 0.15) is 17.1 Å². The van der Waals surface area contributed by atoms with Gasteiger partial charge >= 0.3 is 0 Å². The molecule has 0 saturated heterocycles. The zero-order valence-electron chi connectivity index (χ0n) is 14.6. The van der Waals surface area contributed by atoms with Crippen molar-refractivity contribution in [2.24, 2.45) is 0 Å². The Morgan fingerprint density at radius 3 is 2.81 bits per heavy atom. The van der Waals surface area contributed by atoms with Gasteiger partial charge in [0.05, 0.1) is 23.4 Å². The topological polar surface area (TPSA) is 72.4 Å². The largest absolute Gasteiger partial charge is 0.360 e. The lowest BCUT2D eigenvalue weighted by atomic mass is 10.0. The zero-order valence-corrected chi connectivity index (χ0v) is 14.6. The van der Waals surface area contributed by atoms with Gasteiger partial charge in [0.15, 0.2) is 0 Å². The Kier molecular flexibility index (Phi) is 4.19. The van der Waals surface area contributed by atoms with Gasteiger partial charge in [0.2, 0.25) is 0 Å². The van der Waals surface area contributed by atoms with Gasteiger partial charge in [-0.2, -0.15) is 0 Å². The van der Waals surface area contributed by atoms with Crippen LogP contribution in [-0.4, -0.2) is 27.0 Å². The quantitative estimate of drug-likeness (QED) is 0.569. The van der Waals surface area contributed by atoms with Crippen LogP contribution in [0.25, 0.3) is 28.2 Å². The molecule has 3 heterocycles. The van der Waals surface area contributed by atoms with Crippen LogP contribution < -0.4 is 5.32 Å². The summed E-state index contributed by atoms with van der Waals surface area (Å²) in [4.78, 5) is 16.8. The van der Waals surface area contributed by atoms with Crippen molar-refractivity contribution < 1.29 is 9.32 Å². The number of nitrogens with zero attached hydrogens (tertiary/aromatic N) is 3. The second-order valence-corrected chi connectivity index (χ2v) is 6.02. The predicted octanol–water partition coefficient (Wildman–Crippen LogP) is 3.33. The standard InChI is InChI=1S/C21H16N4O2/c1-3-11-22-21(26)16-9-10-18-23-17(13-25(18)12-16)19-14(2)27-24-20(19)15-7-5-4-6-8-15/h1,4-10,12-13H,11H2,2H3,(H,22,26). The SMILES string of the molecule is C#CCNC(=O)c1ccc2nc(-c3c(-c4ccccc4)noc3C)cn2c1. The number of rotatable bonds is 4. The summed E-state index contributed by atoms with van der Waals surface area (Å²) >= 11 is 0.